The number of carbonyl (C=O) groups excluding carboxylic acids is 2. The highest BCUT2D eigenvalue weighted by molar-refractivity contribution is 7.89. The number of hydrogen-bond donors (Lipinski definition) is 2. The Morgan fingerprint density at radius 1 is 0.971 bits per heavy atom. The van der Waals surface area contributed by atoms with Crippen molar-refractivity contribution < 1.29 is 22.7 Å². The molecule has 0 saturated carbocycles. The minimum Gasteiger partial charge on any atom is -0.379 e. The van der Waals surface area contributed by atoms with Crippen LogP contribution in [-0.2, 0) is 19.6 Å². The molecule has 8 nitrogen and oxygen atoms in total. The molecule has 0 aliphatic carbocycles. The molecule has 2 amide bonds. The summed E-state index contributed by atoms with van der Waals surface area (Å²) in [4.78, 5) is 25.1. The highest BCUT2D eigenvalue weighted by Gasteiger charge is 2.26. The molecule has 34 heavy (non-hydrogen) atoms. The minimum absolute atomic E-state index is 0.0548. The number of rotatable bonds is 7. The largest absolute Gasteiger partial charge is 0.379 e. The molecule has 178 valence electrons. The lowest BCUT2D eigenvalue weighted by Crippen LogP contribution is -2.40. The fraction of sp³-hybridized carbons (Fsp3) is 0.280. The van der Waals surface area contributed by atoms with Gasteiger partial charge in [-0.1, -0.05) is 36.4 Å². The molecule has 0 unspecified atom stereocenters. The van der Waals surface area contributed by atoms with Crippen molar-refractivity contribution in [3.05, 3.63) is 71.8 Å². The van der Waals surface area contributed by atoms with Crippen LogP contribution in [0.15, 0.2) is 65.6 Å². The molecule has 0 bridgehead atoms. The summed E-state index contributed by atoms with van der Waals surface area (Å²) >= 11 is 0. The number of nitrogens with one attached hydrogen (secondary N) is 2. The number of sulfonamides is 1. The van der Waals surface area contributed by atoms with Gasteiger partial charge in [0.2, 0.25) is 15.9 Å². The molecule has 0 aromatic heterocycles. The van der Waals surface area contributed by atoms with E-state index in [1.165, 1.54) is 10.4 Å². The van der Waals surface area contributed by atoms with E-state index in [0.717, 1.165) is 16.3 Å². The minimum atomic E-state index is -3.67. The van der Waals surface area contributed by atoms with E-state index in [9.17, 15) is 18.0 Å². The fourth-order valence-corrected chi connectivity index (χ4v) is 5.20. The Morgan fingerprint density at radius 2 is 1.71 bits per heavy atom. The van der Waals surface area contributed by atoms with Crippen molar-refractivity contribution in [3.63, 3.8) is 0 Å². The van der Waals surface area contributed by atoms with Crippen LogP contribution in [-0.4, -0.2) is 57.4 Å². The standard InChI is InChI=1S/C25H27N3O5S/c1-18-6-9-22(34(31,32)28-12-14-33-15-13-28)17-23(18)27-24(29)10-11-26-25(30)21-8-7-19-4-2-3-5-20(19)16-21/h2-9,16-17H,10-15H2,1H3,(H,26,30)(H,27,29). The van der Waals surface area contributed by atoms with Crippen molar-refractivity contribution in [3.8, 4) is 0 Å². The Kier molecular flexibility index (Phi) is 7.26. The summed E-state index contributed by atoms with van der Waals surface area (Å²) in [6.45, 7) is 3.27. The Balaban J connectivity index is 1.35. The fourth-order valence-electron chi connectivity index (χ4n) is 3.77. The Bertz CT molecular complexity index is 1320. The molecule has 0 spiro atoms. The second kappa shape index (κ2) is 10.3. The Labute approximate surface area is 199 Å². The van der Waals surface area contributed by atoms with E-state index >= 15 is 0 Å². The molecule has 2 N–H and O–H groups in total. The second-order valence-corrected chi connectivity index (χ2v) is 10.0. The van der Waals surface area contributed by atoms with Gasteiger partial charge in [-0.2, -0.15) is 4.31 Å². The number of morpholine rings is 1. The predicted molar refractivity (Wildman–Crippen MR) is 130 cm³/mol. The van der Waals surface area contributed by atoms with Crippen molar-refractivity contribution in [1.82, 2.24) is 9.62 Å². The summed E-state index contributed by atoms with van der Waals surface area (Å²) in [7, 11) is -3.67. The summed E-state index contributed by atoms with van der Waals surface area (Å²) in [5.74, 6) is -0.573. The van der Waals surface area contributed by atoms with Gasteiger partial charge in [0.05, 0.1) is 18.1 Å². The van der Waals surface area contributed by atoms with Crippen LogP contribution in [0.3, 0.4) is 0 Å². The number of fused-ring (bicyclic) bond motifs is 1. The summed E-state index contributed by atoms with van der Waals surface area (Å²) in [6, 6.07) is 17.9. The average molecular weight is 482 g/mol. The van der Waals surface area contributed by atoms with E-state index in [2.05, 4.69) is 10.6 Å². The number of aryl methyl sites for hydroxylation is 1. The molecular formula is C25H27N3O5S. The van der Waals surface area contributed by atoms with Gasteiger partial charge < -0.3 is 15.4 Å². The van der Waals surface area contributed by atoms with Gasteiger partial charge in [0.25, 0.3) is 5.91 Å². The SMILES string of the molecule is Cc1ccc(S(=O)(=O)N2CCOCC2)cc1NC(=O)CCNC(=O)c1ccc2ccccc2c1. The number of hydrogen-bond acceptors (Lipinski definition) is 5. The first-order chi connectivity index (χ1) is 16.3. The average Bonchev–Trinajstić information content (AvgIpc) is 2.85. The number of carbonyl (C=O) groups is 2. The van der Waals surface area contributed by atoms with Crippen LogP contribution in [0.2, 0.25) is 0 Å². The van der Waals surface area contributed by atoms with E-state index in [0.29, 0.717) is 37.6 Å². The quantitative estimate of drug-likeness (QED) is 0.540. The van der Waals surface area contributed by atoms with Crippen LogP contribution in [0.5, 0.6) is 0 Å². The lowest BCUT2D eigenvalue weighted by Gasteiger charge is -2.26. The summed E-state index contributed by atoms with van der Waals surface area (Å²) in [5.41, 5.74) is 1.70. The highest BCUT2D eigenvalue weighted by Crippen LogP contribution is 2.24. The van der Waals surface area contributed by atoms with E-state index in [1.807, 2.05) is 36.4 Å². The first-order valence-electron chi connectivity index (χ1n) is 11.1. The van der Waals surface area contributed by atoms with Gasteiger partial charge in [-0.05, 0) is 47.5 Å². The molecule has 1 aliphatic heterocycles. The van der Waals surface area contributed by atoms with Gasteiger partial charge >= 0.3 is 0 Å². The number of nitrogens with zero attached hydrogens (tertiary/aromatic N) is 1. The Hall–Kier alpha value is -3.27. The molecule has 1 fully saturated rings. The highest BCUT2D eigenvalue weighted by atomic mass is 32.2. The third kappa shape index (κ3) is 5.44. The van der Waals surface area contributed by atoms with E-state index < -0.39 is 10.0 Å². The topological polar surface area (TPSA) is 105 Å². The predicted octanol–water partition coefficient (Wildman–Crippen LogP) is 2.93. The van der Waals surface area contributed by atoms with Crippen LogP contribution in [0.4, 0.5) is 5.69 Å². The second-order valence-electron chi connectivity index (χ2n) is 8.11. The number of amides is 2. The Morgan fingerprint density at radius 3 is 2.47 bits per heavy atom. The van der Waals surface area contributed by atoms with Gasteiger partial charge in [-0.3, -0.25) is 9.59 Å². The van der Waals surface area contributed by atoms with Gasteiger partial charge in [0, 0.05) is 37.3 Å². The van der Waals surface area contributed by atoms with Crippen molar-refractivity contribution in [2.24, 2.45) is 0 Å². The van der Waals surface area contributed by atoms with Gasteiger partial charge in [-0.15, -0.1) is 0 Å². The lowest BCUT2D eigenvalue weighted by atomic mass is 10.1. The van der Waals surface area contributed by atoms with E-state index in [4.69, 9.17) is 4.74 Å². The van der Waals surface area contributed by atoms with Crippen molar-refractivity contribution in [2.45, 2.75) is 18.2 Å². The molecule has 9 heteroatoms. The van der Waals surface area contributed by atoms with Crippen LogP contribution < -0.4 is 10.6 Å². The number of benzene rings is 3. The molecule has 0 atom stereocenters. The zero-order chi connectivity index (χ0) is 24.1. The number of anilines is 1. The summed E-state index contributed by atoms with van der Waals surface area (Å²) in [6.07, 6.45) is 0.0548. The van der Waals surface area contributed by atoms with Crippen molar-refractivity contribution >= 4 is 38.3 Å². The lowest BCUT2D eigenvalue weighted by molar-refractivity contribution is -0.116. The van der Waals surface area contributed by atoms with Crippen molar-refractivity contribution in [2.75, 3.05) is 38.2 Å². The maximum atomic E-state index is 12.9. The number of ether oxygens (including phenoxy) is 1. The summed E-state index contributed by atoms with van der Waals surface area (Å²) < 4.78 is 32.4. The van der Waals surface area contributed by atoms with E-state index in [1.54, 1.807) is 25.1 Å². The van der Waals surface area contributed by atoms with Crippen LogP contribution in [0, 0.1) is 6.92 Å². The van der Waals surface area contributed by atoms with Crippen LogP contribution in [0.25, 0.3) is 10.8 Å². The molecule has 1 heterocycles. The smallest absolute Gasteiger partial charge is 0.251 e. The van der Waals surface area contributed by atoms with Gasteiger partial charge in [0.1, 0.15) is 0 Å². The third-order valence-corrected chi connectivity index (χ3v) is 7.63. The molecule has 0 radical (unpaired) electrons. The van der Waals surface area contributed by atoms with Crippen LogP contribution >= 0.6 is 0 Å². The maximum absolute atomic E-state index is 12.9. The molecule has 1 aliphatic rings. The summed E-state index contributed by atoms with van der Waals surface area (Å²) in [5, 5.41) is 7.54. The van der Waals surface area contributed by atoms with Gasteiger partial charge in [0.15, 0.2) is 0 Å². The van der Waals surface area contributed by atoms with Crippen LogP contribution in [0.1, 0.15) is 22.3 Å². The third-order valence-electron chi connectivity index (χ3n) is 5.74. The normalized spacial score (nSPS) is 14.6. The molecule has 1 saturated heterocycles. The maximum Gasteiger partial charge on any atom is 0.251 e. The molecule has 3 aromatic carbocycles. The molecule has 3 aromatic rings. The van der Waals surface area contributed by atoms with E-state index in [-0.39, 0.29) is 29.7 Å². The zero-order valence-corrected chi connectivity index (χ0v) is 19.7. The van der Waals surface area contributed by atoms with Gasteiger partial charge in [-0.25, -0.2) is 8.42 Å². The first kappa shape index (κ1) is 23.9. The monoisotopic (exact) mass is 481 g/mol. The van der Waals surface area contributed by atoms with Crippen molar-refractivity contribution in [1.29, 1.82) is 0 Å². The molecular weight excluding hydrogens is 454 g/mol. The molecule has 4 rings (SSSR count). The zero-order valence-electron chi connectivity index (χ0n) is 18.9. The first-order valence-corrected chi connectivity index (χ1v) is 12.5.